The van der Waals surface area contributed by atoms with E-state index >= 15 is 0 Å². The first-order valence-corrected chi connectivity index (χ1v) is 12.5. The van der Waals surface area contributed by atoms with Crippen LogP contribution < -0.4 is 4.74 Å². The maximum absolute atomic E-state index is 5.80. The van der Waals surface area contributed by atoms with Crippen LogP contribution in [0.1, 0.15) is 103 Å². The van der Waals surface area contributed by atoms with Gasteiger partial charge in [0.05, 0.1) is 6.61 Å². The second kappa shape index (κ2) is 12.3. The maximum atomic E-state index is 5.80. The molecular formula is C28H42O. The molecule has 0 spiro atoms. The van der Waals surface area contributed by atoms with Gasteiger partial charge >= 0.3 is 0 Å². The number of hydrogen-bond donors (Lipinski definition) is 0. The van der Waals surface area contributed by atoms with Crippen molar-refractivity contribution in [1.29, 1.82) is 0 Å². The van der Waals surface area contributed by atoms with E-state index in [0.29, 0.717) is 5.92 Å². The van der Waals surface area contributed by atoms with Crippen LogP contribution in [-0.4, -0.2) is 6.61 Å². The van der Waals surface area contributed by atoms with Crippen molar-refractivity contribution in [3.05, 3.63) is 29.8 Å². The second-order valence-electron chi connectivity index (χ2n) is 9.53. The van der Waals surface area contributed by atoms with Crippen molar-refractivity contribution in [2.24, 2.45) is 23.7 Å². The number of rotatable bonds is 8. The van der Waals surface area contributed by atoms with Gasteiger partial charge in [-0.1, -0.05) is 64.2 Å². The minimum absolute atomic E-state index is 0.604. The molecule has 0 atom stereocenters. The summed E-state index contributed by atoms with van der Waals surface area (Å²) < 4.78 is 5.80. The zero-order chi connectivity index (χ0) is 20.3. The highest BCUT2D eigenvalue weighted by Gasteiger charge is 2.30. The predicted octanol–water partition coefficient (Wildman–Crippen LogP) is 8.02. The van der Waals surface area contributed by atoms with Gasteiger partial charge in [0.15, 0.2) is 0 Å². The van der Waals surface area contributed by atoms with Gasteiger partial charge in [-0.3, -0.25) is 0 Å². The lowest BCUT2D eigenvalue weighted by atomic mass is 9.69. The third-order valence-corrected chi connectivity index (χ3v) is 7.32. The monoisotopic (exact) mass is 394 g/mol. The van der Waals surface area contributed by atoms with Crippen molar-refractivity contribution >= 4 is 0 Å². The van der Waals surface area contributed by atoms with Gasteiger partial charge in [-0.15, -0.1) is 0 Å². The van der Waals surface area contributed by atoms with Gasteiger partial charge in [-0.05, 0) is 87.0 Å². The normalized spacial score (nSPS) is 27.1. The van der Waals surface area contributed by atoms with Gasteiger partial charge in [-0.2, -0.15) is 0 Å². The molecule has 2 aliphatic rings. The van der Waals surface area contributed by atoms with E-state index in [-0.39, 0.29) is 0 Å². The Labute approximate surface area is 180 Å². The lowest BCUT2D eigenvalue weighted by Crippen LogP contribution is -2.25. The molecule has 0 amide bonds. The Morgan fingerprint density at radius 1 is 0.793 bits per heavy atom. The Morgan fingerprint density at radius 3 is 2.07 bits per heavy atom. The first-order valence-electron chi connectivity index (χ1n) is 12.5. The van der Waals surface area contributed by atoms with Crippen molar-refractivity contribution in [2.75, 3.05) is 6.61 Å². The van der Waals surface area contributed by atoms with Gasteiger partial charge in [0.2, 0.25) is 0 Å². The molecule has 0 radical (unpaired) electrons. The first kappa shape index (κ1) is 22.3. The van der Waals surface area contributed by atoms with E-state index in [1.54, 1.807) is 0 Å². The van der Waals surface area contributed by atoms with E-state index in [4.69, 9.17) is 4.74 Å². The number of unbranched alkanes of at least 4 members (excludes halogenated alkanes) is 2. The fraction of sp³-hybridized carbons (Fsp3) is 0.714. The summed E-state index contributed by atoms with van der Waals surface area (Å²) in [6.07, 6.45) is 17.9. The fourth-order valence-corrected chi connectivity index (χ4v) is 5.45. The quantitative estimate of drug-likeness (QED) is 0.320. The zero-order valence-corrected chi connectivity index (χ0v) is 18.9. The molecule has 1 aromatic rings. The minimum atomic E-state index is 0.604. The molecule has 2 fully saturated rings. The van der Waals surface area contributed by atoms with Gasteiger partial charge in [-0.25, -0.2) is 0 Å². The lowest BCUT2D eigenvalue weighted by Gasteiger charge is -2.37. The smallest absolute Gasteiger partial charge is 0.119 e. The van der Waals surface area contributed by atoms with Crippen LogP contribution in [-0.2, 0) is 0 Å². The summed E-state index contributed by atoms with van der Waals surface area (Å²) in [4.78, 5) is 0. The van der Waals surface area contributed by atoms with Crippen LogP contribution in [0.15, 0.2) is 24.3 Å². The zero-order valence-electron chi connectivity index (χ0n) is 18.9. The molecular weight excluding hydrogens is 352 g/mol. The molecule has 0 N–H and O–H groups in total. The van der Waals surface area contributed by atoms with E-state index in [1.165, 1.54) is 77.0 Å². The topological polar surface area (TPSA) is 9.23 Å². The van der Waals surface area contributed by atoms with Crippen LogP contribution in [0, 0.1) is 35.5 Å². The Morgan fingerprint density at radius 2 is 1.45 bits per heavy atom. The number of hydrogen-bond acceptors (Lipinski definition) is 1. The van der Waals surface area contributed by atoms with Gasteiger partial charge in [0, 0.05) is 11.5 Å². The summed E-state index contributed by atoms with van der Waals surface area (Å²) in [7, 11) is 0. The molecule has 3 rings (SSSR count). The predicted molar refractivity (Wildman–Crippen MR) is 124 cm³/mol. The third kappa shape index (κ3) is 7.40. The molecule has 0 aromatic heterocycles. The second-order valence-corrected chi connectivity index (χ2v) is 9.53. The summed E-state index contributed by atoms with van der Waals surface area (Å²) in [6, 6.07) is 8.37. The van der Waals surface area contributed by atoms with Crippen LogP contribution in [0.4, 0.5) is 0 Å². The van der Waals surface area contributed by atoms with Crippen LogP contribution in [0.3, 0.4) is 0 Å². The largest absolute Gasteiger partial charge is 0.494 e. The van der Waals surface area contributed by atoms with Gasteiger partial charge in [0.25, 0.3) is 0 Å². The Hall–Kier alpha value is -1.42. The molecule has 0 bridgehead atoms. The Kier molecular flexibility index (Phi) is 9.46. The highest BCUT2D eigenvalue weighted by atomic mass is 16.5. The van der Waals surface area contributed by atoms with E-state index in [9.17, 15) is 0 Å². The standard InChI is InChI=1S/C28H42O/c1-3-5-6-22-29-28-20-14-25(15-21-28)9-8-24-12-18-27(19-13-24)26-16-10-23(7-4-2)11-17-26/h14-15,20-21,23-24,26-27H,3-7,10-13,16-19,22H2,1-2H3/t23-,24?,26-,27?. The van der Waals surface area contributed by atoms with E-state index in [1.807, 2.05) is 0 Å². The van der Waals surface area contributed by atoms with Crippen molar-refractivity contribution in [1.82, 2.24) is 0 Å². The van der Waals surface area contributed by atoms with Crippen molar-refractivity contribution in [3.8, 4) is 17.6 Å². The molecule has 0 aliphatic heterocycles. The Balaban J connectivity index is 1.38. The number of benzene rings is 1. The summed E-state index contributed by atoms with van der Waals surface area (Å²) >= 11 is 0. The van der Waals surface area contributed by atoms with E-state index < -0.39 is 0 Å². The molecule has 1 aromatic carbocycles. The molecule has 0 heterocycles. The average molecular weight is 395 g/mol. The third-order valence-electron chi connectivity index (χ3n) is 7.32. The summed E-state index contributed by atoms with van der Waals surface area (Å²) in [5.41, 5.74) is 1.13. The summed E-state index contributed by atoms with van der Waals surface area (Å²) in [5, 5.41) is 0. The average Bonchev–Trinajstić information content (AvgIpc) is 2.77. The van der Waals surface area contributed by atoms with E-state index in [2.05, 4.69) is 50.0 Å². The van der Waals surface area contributed by atoms with Gasteiger partial charge < -0.3 is 4.74 Å². The summed E-state index contributed by atoms with van der Waals surface area (Å²) in [6.45, 7) is 5.38. The highest BCUT2D eigenvalue weighted by molar-refractivity contribution is 5.38. The number of ether oxygens (including phenoxy) is 1. The molecule has 1 heteroatoms. The molecule has 160 valence electrons. The van der Waals surface area contributed by atoms with E-state index in [0.717, 1.165) is 42.1 Å². The molecule has 29 heavy (non-hydrogen) atoms. The Bertz CT molecular complexity index is 619. The van der Waals surface area contributed by atoms with Crippen molar-refractivity contribution in [2.45, 2.75) is 97.3 Å². The van der Waals surface area contributed by atoms with Crippen LogP contribution >= 0.6 is 0 Å². The minimum Gasteiger partial charge on any atom is -0.494 e. The van der Waals surface area contributed by atoms with Crippen LogP contribution in [0.5, 0.6) is 5.75 Å². The van der Waals surface area contributed by atoms with Crippen LogP contribution in [0.2, 0.25) is 0 Å². The lowest BCUT2D eigenvalue weighted by molar-refractivity contribution is 0.154. The molecule has 2 saturated carbocycles. The highest BCUT2D eigenvalue weighted by Crippen LogP contribution is 2.42. The fourth-order valence-electron chi connectivity index (χ4n) is 5.45. The molecule has 0 unspecified atom stereocenters. The van der Waals surface area contributed by atoms with Crippen molar-refractivity contribution < 1.29 is 4.74 Å². The molecule has 0 saturated heterocycles. The molecule has 1 nitrogen and oxygen atoms in total. The SMILES string of the molecule is CCCCCOc1ccc(C#CC2CCC([C@H]3CC[C@H](CCC)CC3)CC2)cc1. The first-order chi connectivity index (χ1) is 14.3. The summed E-state index contributed by atoms with van der Waals surface area (Å²) in [5.74, 6) is 11.6. The van der Waals surface area contributed by atoms with Crippen molar-refractivity contribution in [3.63, 3.8) is 0 Å². The molecule has 2 aliphatic carbocycles. The maximum Gasteiger partial charge on any atom is 0.119 e. The van der Waals surface area contributed by atoms with Crippen LogP contribution in [0.25, 0.3) is 0 Å². The van der Waals surface area contributed by atoms with Gasteiger partial charge in [0.1, 0.15) is 5.75 Å².